The van der Waals surface area contributed by atoms with Crippen LogP contribution in [0.2, 0.25) is 0 Å². The predicted octanol–water partition coefficient (Wildman–Crippen LogP) is 1.45. The van der Waals surface area contributed by atoms with E-state index in [1.165, 1.54) is 19.3 Å². The fourth-order valence-corrected chi connectivity index (χ4v) is 2.66. The number of halogens is 1. The minimum absolute atomic E-state index is 0.0480. The molecule has 0 amide bonds. The van der Waals surface area contributed by atoms with Crippen molar-refractivity contribution < 1.29 is 4.74 Å². The fraction of sp³-hybridized carbons (Fsp3) is 0.714. The lowest BCUT2D eigenvalue weighted by Gasteiger charge is -2.25. The third-order valence-electron chi connectivity index (χ3n) is 3.74. The Morgan fingerprint density at radius 1 is 1.43 bits per heavy atom. The quantitative estimate of drug-likeness (QED) is 0.654. The molecular weight excluding hydrogens is 336 g/mol. The van der Waals surface area contributed by atoms with E-state index in [2.05, 4.69) is 31.7 Å². The molecule has 7 heteroatoms. The van der Waals surface area contributed by atoms with Gasteiger partial charge in [0.15, 0.2) is 0 Å². The number of nitrogens with zero attached hydrogens (tertiary/aromatic N) is 2. The van der Waals surface area contributed by atoms with E-state index in [0.29, 0.717) is 29.2 Å². The average Bonchev–Trinajstić information content (AvgIpc) is 2.43. The lowest BCUT2D eigenvalue weighted by Crippen LogP contribution is -2.32. The van der Waals surface area contributed by atoms with Crippen molar-refractivity contribution in [2.75, 3.05) is 38.7 Å². The molecule has 0 atom stereocenters. The van der Waals surface area contributed by atoms with E-state index in [-0.39, 0.29) is 5.56 Å². The second-order valence-corrected chi connectivity index (χ2v) is 6.18. The zero-order valence-electron chi connectivity index (χ0n) is 12.4. The van der Waals surface area contributed by atoms with Gasteiger partial charge in [-0.25, -0.2) is 4.68 Å². The Hall–Kier alpha value is -0.920. The Kier molecular flexibility index (Phi) is 6.66. The zero-order valence-corrected chi connectivity index (χ0v) is 14.0. The smallest absolute Gasteiger partial charge is 0.291 e. The molecule has 0 saturated heterocycles. The Morgan fingerprint density at radius 3 is 2.90 bits per heavy atom. The van der Waals surface area contributed by atoms with Crippen molar-refractivity contribution in [1.29, 1.82) is 0 Å². The highest BCUT2D eigenvalue weighted by atomic mass is 79.9. The van der Waals surface area contributed by atoms with Gasteiger partial charge in [0.25, 0.3) is 5.56 Å². The second kappa shape index (κ2) is 8.51. The zero-order chi connectivity index (χ0) is 15.1. The summed E-state index contributed by atoms with van der Waals surface area (Å²) in [5, 5.41) is 10.6. The van der Waals surface area contributed by atoms with Crippen molar-refractivity contribution in [3.8, 4) is 0 Å². The van der Waals surface area contributed by atoms with Crippen LogP contribution < -0.4 is 16.2 Å². The second-order valence-electron chi connectivity index (χ2n) is 5.32. The summed E-state index contributed by atoms with van der Waals surface area (Å²) in [7, 11) is 1.68. The fourth-order valence-electron chi connectivity index (χ4n) is 2.25. The molecule has 1 aliphatic rings. The van der Waals surface area contributed by atoms with Crippen molar-refractivity contribution in [2.24, 2.45) is 5.92 Å². The predicted molar refractivity (Wildman–Crippen MR) is 86.8 cm³/mol. The van der Waals surface area contributed by atoms with Crippen LogP contribution in [0.4, 0.5) is 5.69 Å². The van der Waals surface area contributed by atoms with Crippen molar-refractivity contribution in [2.45, 2.75) is 25.8 Å². The largest absolute Gasteiger partial charge is 0.383 e. The van der Waals surface area contributed by atoms with Crippen LogP contribution in [0.3, 0.4) is 0 Å². The molecule has 0 bridgehead atoms. The maximum atomic E-state index is 12.4. The average molecular weight is 359 g/mol. The standard InChI is InChI=1S/C14H23BrN4O2/c1-21-8-7-16-5-6-17-13-12(15)9-18-19(14(13)20)10-11-3-2-4-11/h9,11,16-17H,2-8,10H2,1H3. The van der Waals surface area contributed by atoms with Crippen LogP contribution in [0.1, 0.15) is 19.3 Å². The summed E-state index contributed by atoms with van der Waals surface area (Å²) < 4.78 is 7.26. The topological polar surface area (TPSA) is 68.2 Å². The van der Waals surface area contributed by atoms with Gasteiger partial charge in [0.05, 0.1) is 17.3 Å². The molecule has 1 heterocycles. The van der Waals surface area contributed by atoms with Crippen LogP contribution in [0.25, 0.3) is 0 Å². The Bertz CT molecular complexity index is 502. The number of ether oxygens (including phenoxy) is 1. The number of rotatable bonds is 9. The molecule has 118 valence electrons. The SMILES string of the molecule is COCCNCCNc1c(Br)cnn(CC2CCC2)c1=O. The van der Waals surface area contributed by atoms with E-state index in [1.807, 2.05) is 0 Å². The van der Waals surface area contributed by atoms with E-state index in [0.717, 1.165) is 19.6 Å². The minimum Gasteiger partial charge on any atom is -0.383 e. The molecule has 1 fully saturated rings. The van der Waals surface area contributed by atoms with Gasteiger partial charge in [0.2, 0.25) is 0 Å². The van der Waals surface area contributed by atoms with Crippen LogP contribution in [0.5, 0.6) is 0 Å². The maximum absolute atomic E-state index is 12.4. The van der Waals surface area contributed by atoms with E-state index in [1.54, 1.807) is 18.0 Å². The summed E-state index contributed by atoms with van der Waals surface area (Å²) in [6.07, 6.45) is 5.38. The lowest BCUT2D eigenvalue weighted by atomic mass is 9.85. The van der Waals surface area contributed by atoms with Crippen molar-refractivity contribution in [3.05, 3.63) is 21.0 Å². The molecule has 1 saturated carbocycles. The third-order valence-corrected chi connectivity index (χ3v) is 4.34. The van der Waals surface area contributed by atoms with Crippen molar-refractivity contribution in [3.63, 3.8) is 0 Å². The molecule has 0 spiro atoms. The van der Waals surface area contributed by atoms with Gasteiger partial charge in [0, 0.05) is 33.3 Å². The van der Waals surface area contributed by atoms with Crippen LogP contribution in [0, 0.1) is 5.92 Å². The Balaban J connectivity index is 1.88. The molecule has 21 heavy (non-hydrogen) atoms. The monoisotopic (exact) mass is 358 g/mol. The maximum Gasteiger partial charge on any atom is 0.291 e. The van der Waals surface area contributed by atoms with Gasteiger partial charge in [-0.1, -0.05) is 6.42 Å². The van der Waals surface area contributed by atoms with Crippen LogP contribution in [-0.4, -0.2) is 43.1 Å². The first-order valence-corrected chi connectivity index (χ1v) is 8.21. The first-order chi connectivity index (χ1) is 10.2. The van der Waals surface area contributed by atoms with E-state index in [9.17, 15) is 4.79 Å². The molecule has 1 aromatic rings. The van der Waals surface area contributed by atoms with Crippen molar-refractivity contribution >= 4 is 21.6 Å². The van der Waals surface area contributed by atoms with Gasteiger partial charge in [-0.15, -0.1) is 0 Å². The minimum atomic E-state index is -0.0480. The van der Waals surface area contributed by atoms with Gasteiger partial charge in [-0.2, -0.15) is 5.10 Å². The van der Waals surface area contributed by atoms with Gasteiger partial charge >= 0.3 is 0 Å². The van der Waals surface area contributed by atoms with Crippen LogP contribution in [-0.2, 0) is 11.3 Å². The highest BCUT2D eigenvalue weighted by Crippen LogP contribution is 2.27. The molecule has 0 radical (unpaired) electrons. The van der Waals surface area contributed by atoms with Crippen molar-refractivity contribution in [1.82, 2.24) is 15.1 Å². The molecule has 1 aromatic heterocycles. The first-order valence-electron chi connectivity index (χ1n) is 7.41. The number of nitrogens with one attached hydrogen (secondary N) is 2. The van der Waals surface area contributed by atoms with Gasteiger partial charge < -0.3 is 15.4 Å². The Morgan fingerprint density at radius 2 is 2.24 bits per heavy atom. The van der Waals surface area contributed by atoms with Gasteiger partial charge in [0.1, 0.15) is 5.69 Å². The summed E-state index contributed by atoms with van der Waals surface area (Å²) in [5.74, 6) is 0.611. The van der Waals surface area contributed by atoms with Crippen LogP contribution >= 0.6 is 15.9 Å². The molecule has 1 aliphatic carbocycles. The normalized spacial score (nSPS) is 15.0. The summed E-state index contributed by atoms with van der Waals surface area (Å²) in [6, 6.07) is 0. The molecule has 0 aliphatic heterocycles. The van der Waals surface area contributed by atoms with E-state index in [4.69, 9.17) is 4.74 Å². The molecular formula is C14H23BrN4O2. The summed E-state index contributed by atoms with van der Waals surface area (Å²) >= 11 is 3.39. The van der Waals surface area contributed by atoms with Gasteiger partial charge in [-0.05, 0) is 34.7 Å². The highest BCUT2D eigenvalue weighted by molar-refractivity contribution is 9.10. The summed E-state index contributed by atoms with van der Waals surface area (Å²) in [5.41, 5.74) is 0.547. The Labute approximate surface area is 133 Å². The van der Waals surface area contributed by atoms with Gasteiger partial charge in [-0.3, -0.25) is 4.79 Å². The number of hydrogen-bond donors (Lipinski definition) is 2. The highest BCUT2D eigenvalue weighted by Gasteiger charge is 2.20. The first kappa shape index (κ1) is 16.5. The number of aromatic nitrogens is 2. The molecule has 2 rings (SSSR count). The summed E-state index contributed by atoms with van der Waals surface area (Å²) in [4.78, 5) is 12.4. The molecule has 0 unspecified atom stereocenters. The molecule has 0 aromatic carbocycles. The number of hydrogen-bond acceptors (Lipinski definition) is 5. The summed E-state index contributed by atoms with van der Waals surface area (Å²) in [6.45, 7) is 3.69. The molecule has 6 nitrogen and oxygen atoms in total. The number of anilines is 1. The molecule has 2 N–H and O–H groups in total. The van der Waals surface area contributed by atoms with E-state index < -0.39 is 0 Å². The third kappa shape index (κ3) is 4.79. The lowest BCUT2D eigenvalue weighted by molar-refractivity contribution is 0.200. The van der Waals surface area contributed by atoms with Crippen LogP contribution in [0.15, 0.2) is 15.5 Å². The van der Waals surface area contributed by atoms with E-state index >= 15 is 0 Å². The number of methoxy groups -OCH3 is 1.